The second-order valence-electron chi connectivity index (χ2n) is 6.61. The third-order valence-electron chi connectivity index (χ3n) is 4.24. The first-order chi connectivity index (χ1) is 13.4. The Labute approximate surface area is 167 Å². The van der Waals surface area contributed by atoms with Crippen LogP contribution in [0.3, 0.4) is 0 Å². The van der Waals surface area contributed by atoms with Crippen LogP contribution in [0.5, 0.6) is 0 Å². The highest BCUT2D eigenvalue weighted by molar-refractivity contribution is 7.13. The number of likely N-dealkylation sites (N-methyl/N-ethyl adjacent to an activating group) is 1. The molecule has 2 amide bonds. The summed E-state index contributed by atoms with van der Waals surface area (Å²) in [7, 11) is 1.61. The Bertz CT molecular complexity index is 966. The van der Waals surface area contributed by atoms with E-state index in [1.54, 1.807) is 7.05 Å². The molecule has 1 N–H and O–H groups in total. The second kappa shape index (κ2) is 8.79. The molecule has 3 rings (SSSR count). The largest absolute Gasteiger partial charge is 0.339 e. The Hall–Kier alpha value is -3.00. The smallest absolute Gasteiger partial charge is 0.243 e. The molecule has 0 atom stereocenters. The number of aromatic nitrogens is 2. The fraction of sp³-hybridized carbons (Fsp3) is 0.300. The average molecular weight is 398 g/mol. The topological polar surface area (TPSA) is 88.3 Å². The first-order valence-electron chi connectivity index (χ1n) is 8.90. The minimum Gasteiger partial charge on any atom is -0.339 e. The van der Waals surface area contributed by atoms with Crippen LogP contribution in [0.4, 0.5) is 5.69 Å². The zero-order valence-electron chi connectivity index (χ0n) is 16.1. The van der Waals surface area contributed by atoms with Crippen LogP contribution >= 0.6 is 11.3 Å². The van der Waals surface area contributed by atoms with E-state index in [1.807, 2.05) is 49.6 Å². The maximum Gasteiger partial charge on any atom is 0.243 e. The third kappa shape index (κ3) is 5.04. The summed E-state index contributed by atoms with van der Waals surface area (Å²) in [5.41, 5.74) is 2.80. The van der Waals surface area contributed by atoms with E-state index in [2.05, 4.69) is 15.5 Å². The lowest BCUT2D eigenvalue weighted by Gasteiger charge is -2.17. The van der Waals surface area contributed by atoms with Crippen LogP contribution in [0.1, 0.15) is 23.4 Å². The molecule has 3 aromatic rings. The Morgan fingerprint density at radius 2 is 2.07 bits per heavy atom. The number of anilines is 1. The van der Waals surface area contributed by atoms with Gasteiger partial charge >= 0.3 is 0 Å². The van der Waals surface area contributed by atoms with Crippen molar-refractivity contribution in [1.82, 2.24) is 15.0 Å². The fourth-order valence-electron chi connectivity index (χ4n) is 2.63. The van der Waals surface area contributed by atoms with Crippen molar-refractivity contribution < 1.29 is 14.1 Å². The predicted molar refractivity (Wildman–Crippen MR) is 108 cm³/mol. The van der Waals surface area contributed by atoms with E-state index >= 15 is 0 Å². The summed E-state index contributed by atoms with van der Waals surface area (Å²) in [4.78, 5) is 31.2. The van der Waals surface area contributed by atoms with Crippen molar-refractivity contribution in [3.63, 3.8) is 0 Å². The number of benzene rings is 1. The normalized spacial score (nSPS) is 10.7. The van der Waals surface area contributed by atoms with Crippen LogP contribution in [-0.2, 0) is 16.0 Å². The number of carbonyl (C=O) groups is 2. The summed E-state index contributed by atoms with van der Waals surface area (Å²) in [6.07, 6.45) is 0.527. The minimum absolute atomic E-state index is 0.0174. The van der Waals surface area contributed by atoms with Crippen molar-refractivity contribution in [2.75, 3.05) is 18.9 Å². The zero-order chi connectivity index (χ0) is 20.1. The van der Waals surface area contributed by atoms with E-state index in [4.69, 9.17) is 4.52 Å². The van der Waals surface area contributed by atoms with Crippen LogP contribution in [0, 0.1) is 13.8 Å². The number of rotatable bonds is 7. The summed E-state index contributed by atoms with van der Waals surface area (Å²) in [6, 6.07) is 9.68. The summed E-state index contributed by atoms with van der Waals surface area (Å²) in [5, 5.41) is 8.72. The molecule has 2 aromatic heterocycles. The van der Waals surface area contributed by atoms with Gasteiger partial charge in [0.25, 0.3) is 0 Å². The number of carbonyl (C=O) groups excluding carboxylic acids is 2. The number of hydrogen-bond donors (Lipinski definition) is 1. The van der Waals surface area contributed by atoms with Gasteiger partial charge in [-0.25, -0.2) is 0 Å². The molecular formula is C20H22N4O3S. The second-order valence-corrected chi connectivity index (χ2v) is 7.55. The minimum atomic E-state index is -0.234. The van der Waals surface area contributed by atoms with Gasteiger partial charge in [-0.05, 0) is 42.5 Å². The van der Waals surface area contributed by atoms with Crippen LogP contribution in [0.2, 0.25) is 0 Å². The highest BCUT2D eigenvalue weighted by atomic mass is 32.1. The lowest BCUT2D eigenvalue weighted by Crippen LogP contribution is -2.35. The maximum atomic E-state index is 12.3. The molecule has 8 heteroatoms. The molecule has 0 aliphatic carbocycles. The molecule has 146 valence electrons. The van der Waals surface area contributed by atoms with Crippen molar-refractivity contribution in [3.05, 3.63) is 52.7 Å². The zero-order valence-corrected chi connectivity index (χ0v) is 16.9. The van der Waals surface area contributed by atoms with E-state index in [9.17, 15) is 9.59 Å². The van der Waals surface area contributed by atoms with Gasteiger partial charge in [-0.15, -0.1) is 11.3 Å². The van der Waals surface area contributed by atoms with E-state index in [1.165, 1.54) is 16.2 Å². The van der Waals surface area contributed by atoms with Gasteiger partial charge in [0, 0.05) is 25.6 Å². The average Bonchev–Trinajstić information content (AvgIpc) is 3.33. The van der Waals surface area contributed by atoms with Gasteiger partial charge in [0.1, 0.15) is 0 Å². The predicted octanol–water partition coefficient (Wildman–Crippen LogP) is 3.44. The van der Waals surface area contributed by atoms with Gasteiger partial charge < -0.3 is 14.7 Å². The molecule has 0 radical (unpaired) electrons. The molecule has 0 saturated carbocycles. The van der Waals surface area contributed by atoms with Crippen LogP contribution in [0.15, 0.2) is 40.2 Å². The van der Waals surface area contributed by atoms with E-state index in [-0.39, 0.29) is 24.8 Å². The molecule has 0 fully saturated rings. The van der Waals surface area contributed by atoms with Crippen molar-refractivity contribution in [2.45, 2.75) is 26.7 Å². The summed E-state index contributed by atoms with van der Waals surface area (Å²) >= 11 is 1.52. The van der Waals surface area contributed by atoms with Gasteiger partial charge in [0.2, 0.25) is 23.5 Å². The van der Waals surface area contributed by atoms with Crippen molar-refractivity contribution in [2.24, 2.45) is 0 Å². The van der Waals surface area contributed by atoms with E-state index in [0.717, 1.165) is 21.7 Å². The van der Waals surface area contributed by atoms with Gasteiger partial charge in [0.05, 0.1) is 11.4 Å². The van der Waals surface area contributed by atoms with Crippen LogP contribution in [-0.4, -0.2) is 40.4 Å². The molecule has 0 aliphatic rings. The Morgan fingerprint density at radius 1 is 1.25 bits per heavy atom. The number of thiophene rings is 1. The van der Waals surface area contributed by atoms with Gasteiger partial charge in [0.15, 0.2) is 0 Å². The van der Waals surface area contributed by atoms with Crippen molar-refractivity contribution >= 4 is 28.8 Å². The Morgan fingerprint density at radius 3 is 2.82 bits per heavy atom. The summed E-state index contributed by atoms with van der Waals surface area (Å²) in [5.74, 6) is 0.540. The molecule has 1 aromatic carbocycles. The maximum absolute atomic E-state index is 12.3. The molecule has 7 nitrogen and oxygen atoms in total. The van der Waals surface area contributed by atoms with Gasteiger partial charge in [-0.3, -0.25) is 9.59 Å². The number of nitrogens with zero attached hydrogens (tertiary/aromatic N) is 3. The number of nitrogens with one attached hydrogen (secondary N) is 1. The van der Waals surface area contributed by atoms with E-state index in [0.29, 0.717) is 18.1 Å². The number of amides is 2. The monoisotopic (exact) mass is 398 g/mol. The van der Waals surface area contributed by atoms with Crippen LogP contribution in [0.25, 0.3) is 10.7 Å². The molecule has 28 heavy (non-hydrogen) atoms. The summed E-state index contributed by atoms with van der Waals surface area (Å²) in [6.45, 7) is 3.88. The molecule has 0 spiro atoms. The summed E-state index contributed by atoms with van der Waals surface area (Å²) < 4.78 is 5.20. The molecular weight excluding hydrogens is 376 g/mol. The lowest BCUT2D eigenvalue weighted by molar-refractivity contribution is -0.133. The highest BCUT2D eigenvalue weighted by Gasteiger charge is 2.16. The fourth-order valence-corrected chi connectivity index (χ4v) is 3.28. The molecule has 0 unspecified atom stereocenters. The molecule has 2 heterocycles. The standard InChI is InChI=1S/C20H22N4O3S/c1-13-6-7-14(2)15(11-13)21-17(25)12-24(3)19(26)9-8-18-22-20(23-27-18)16-5-4-10-28-16/h4-7,10-11H,8-9,12H2,1-3H3,(H,21,25). The van der Waals surface area contributed by atoms with Crippen molar-refractivity contribution in [3.8, 4) is 10.7 Å². The third-order valence-corrected chi connectivity index (χ3v) is 5.10. The Balaban J connectivity index is 1.49. The number of aryl methyl sites for hydroxylation is 3. The first-order valence-corrected chi connectivity index (χ1v) is 9.78. The SMILES string of the molecule is Cc1ccc(C)c(NC(=O)CN(C)C(=O)CCc2nc(-c3cccs3)no2)c1. The first kappa shape index (κ1) is 19.8. The van der Waals surface area contributed by atoms with E-state index < -0.39 is 0 Å². The highest BCUT2D eigenvalue weighted by Crippen LogP contribution is 2.21. The van der Waals surface area contributed by atoms with Gasteiger partial charge in [-0.1, -0.05) is 23.4 Å². The molecule has 0 bridgehead atoms. The molecule has 0 aliphatic heterocycles. The quantitative estimate of drug-likeness (QED) is 0.659. The van der Waals surface area contributed by atoms with Crippen LogP contribution < -0.4 is 5.32 Å². The van der Waals surface area contributed by atoms with Crippen molar-refractivity contribution in [1.29, 1.82) is 0 Å². The van der Waals surface area contributed by atoms with Gasteiger partial charge in [-0.2, -0.15) is 4.98 Å². The lowest BCUT2D eigenvalue weighted by atomic mass is 10.1. The number of hydrogen-bond acceptors (Lipinski definition) is 6. The Kier molecular flexibility index (Phi) is 6.20. The molecule has 0 saturated heterocycles.